The average Bonchev–Trinajstić information content (AvgIpc) is 3.39. The number of hydrogen-bond donors (Lipinski definition) is 1. The van der Waals surface area contributed by atoms with E-state index in [0.29, 0.717) is 29.1 Å². The summed E-state index contributed by atoms with van der Waals surface area (Å²) in [5, 5.41) is 11.0. The van der Waals surface area contributed by atoms with Crippen molar-refractivity contribution < 1.29 is 23.8 Å². The zero-order valence-corrected chi connectivity index (χ0v) is 16.6. The van der Waals surface area contributed by atoms with E-state index in [2.05, 4.69) is 0 Å². The molecule has 0 spiro atoms. The van der Waals surface area contributed by atoms with E-state index in [0.717, 1.165) is 18.4 Å². The number of ketones is 1. The number of Topliss-reactive ketones (excluding diaryl/α,β-unsaturated/α-hetero) is 1. The lowest BCUT2D eigenvalue weighted by Gasteiger charge is -2.19. The van der Waals surface area contributed by atoms with Gasteiger partial charge in [0.1, 0.15) is 23.1 Å². The lowest BCUT2D eigenvalue weighted by Crippen LogP contribution is -2.29. The van der Waals surface area contributed by atoms with Crippen LogP contribution in [-0.4, -0.2) is 23.1 Å². The van der Waals surface area contributed by atoms with E-state index >= 15 is 0 Å². The first-order valence-electron chi connectivity index (χ1n) is 9.87. The van der Waals surface area contributed by atoms with Crippen molar-refractivity contribution in [3.05, 3.63) is 64.1 Å². The minimum atomic E-state index is -0.566. The second-order valence-electron chi connectivity index (χ2n) is 7.82. The van der Waals surface area contributed by atoms with Gasteiger partial charge in [0.2, 0.25) is 0 Å². The van der Waals surface area contributed by atoms with Gasteiger partial charge in [-0.05, 0) is 54.7 Å². The molecular formula is C23H20ClFO4. The summed E-state index contributed by atoms with van der Waals surface area (Å²) >= 11 is 5.73. The minimum absolute atomic E-state index is 0.0226. The van der Waals surface area contributed by atoms with Gasteiger partial charge < -0.3 is 14.6 Å². The molecule has 0 amide bonds. The molecule has 2 aliphatic heterocycles. The van der Waals surface area contributed by atoms with Crippen molar-refractivity contribution in [2.75, 3.05) is 0 Å². The van der Waals surface area contributed by atoms with Gasteiger partial charge in [-0.3, -0.25) is 4.79 Å². The number of rotatable bonds is 4. The molecular weight excluding hydrogens is 395 g/mol. The Morgan fingerprint density at radius 3 is 2.52 bits per heavy atom. The molecule has 4 nitrogen and oxygen atoms in total. The number of aliphatic hydroxyl groups is 1. The molecule has 2 aromatic carbocycles. The normalized spacial score (nSPS) is 27.6. The van der Waals surface area contributed by atoms with Gasteiger partial charge in [-0.2, -0.15) is 0 Å². The predicted octanol–water partition coefficient (Wildman–Crippen LogP) is 5.48. The van der Waals surface area contributed by atoms with Crippen LogP contribution < -0.4 is 4.74 Å². The van der Waals surface area contributed by atoms with E-state index in [1.165, 1.54) is 12.1 Å². The Labute approximate surface area is 172 Å². The molecule has 3 aliphatic rings. The highest BCUT2D eigenvalue weighted by Gasteiger charge is 2.59. The molecule has 0 saturated carbocycles. The van der Waals surface area contributed by atoms with Crippen LogP contribution in [0.1, 0.15) is 30.9 Å². The Morgan fingerprint density at radius 2 is 1.83 bits per heavy atom. The highest BCUT2D eigenvalue weighted by Crippen LogP contribution is 2.54. The number of aliphatic hydroxyl groups excluding tert-OH is 1. The third-order valence-corrected chi connectivity index (χ3v) is 6.56. The fourth-order valence-electron chi connectivity index (χ4n) is 4.92. The van der Waals surface area contributed by atoms with Crippen LogP contribution >= 0.6 is 11.6 Å². The summed E-state index contributed by atoms with van der Waals surface area (Å²) < 4.78 is 25.4. The number of carbonyl (C=O) groups excluding carboxylic acids is 1. The lowest BCUT2D eigenvalue weighted by molar-refractivity contribution is -0.118. The van der Waals surface area contributed by atoms with E-state index in [1.54, 1.807) is 18.2 Å². The summed E-state index contributed by atoms with van der Waals surface area (Å²) in [4.78, 5) is 13.2. The van der Waals surface area contributed by atoms with Crippen molar-refractivity contribution >= 4 is 23.0 Å². The molecule has 5 rings (SSSR count). The van der Waals surface area contributed by atoms with Gasteiger partial charge in [-0.1, -0.05) is 24.6 Å². The summed E-state index contributed by atoms with van der Waals surface area (Å²) in [6.45, 7) is 2.00. The number of benzene rings is 2. The standard InChI is InChI=1S/C23H20ClFO4/c1-2-11-3-4-12(28-13-5-6-15(24)16(25)10-13)9-14(11)19-22(26)20-17-7-8-18(29-17)21(20)23(19)27/h3-6,9-10,17-18,20-21,26H,2,7-8H2,1H3/t17-,18+,20-,21+/m1/s1. The maximum Gasteiger partial charge on any atom is 0.173 e. The zero-order chi connectivity index (χ0) is 20.3. The van der Waals surface area contributed by atoms with E-state index in [9.17, 15) is 14.3 Å². The Bertz CT molecular complexity index is 1050. The van der Waals surface area contributed by atoms with E-state index in [-0.39, 0.29) is 40.6 Å². The number of allylic oxidation sites excluding steroid dienone is 1. The molecule has 6 heteroatoms. The smallest absolute Gasteiger partial charge is 0.173 e. The van der Waals surface area contributed by atoms with E-state index in [4.69, 9.17) is 21.1 Å². The SMILES string of the molecule is CCc1ccc(Oc2ccc(Cl)c(F)c2)cc1C1=C(O)[C@H]2[C@@H](C1=O)[C@@H]1CC[C@H]2O1. The molecule has 29 heavy (non-hydrogen) atoms. The predicted molar refractivity (Wildman–Crippen MR) is 107 cm³/mol. The molecule has 1 aliphatic carbocycles. The van der Waals surface area contributed by atoms with Crippen molar-refractivity contribution in [3.63, 3.8) is 0 Å². The van der Waals surface area contributed by atoms with Gasteiger partial charge in [0, 0.05) is 6.07 Å². The molecule has 2 aromatic rings. The second-order valence-corrected chi connectivity index (χ2v) is 8.22. The van der Waals surface area contributed by atoms with Gasteiger partial charge in [-0.15, -0.1) is 0 Å². The van der Waals surface area contributed by atoms with E-state index < -0.39 is 5.82 Å². The second kappa shape index (κ2) is 6.85. The molecule has 0 radical (unpaired) electrons. The Kier molecular flexibility index (Phi) is 4.41. The number of halogens is 2. The van der Waals surface area contributed by atoms with Crippen molar-refractivity contribution in [1.29, 1.82) is 0 Å². The molecule has 2 heterocycles. The van der Waals surface area contributed by atoms with Gasteiger partial charge in [-0.25, -0.2) is 4.39 Å². The summed E-state index contributed by atoms with van der Waals surface area (Å²) in [7, 11) is 0. The fourth-order valence-corrected chi connectivity index (χ4v) is 5.04. The number of hydrogen-bond acceptors (Lipinski definition) is 4. The molecule has 0 aromatic heterocycles. The van der Waals surface area contributed by atoms with Crippen LogP contribution in [0.25, 0.3) is 5.57 Å². The first kappa shape index (κ1) is 18.6. The monoisotopic (exact) mass is 414 g/mol. The van der Waals surface area contributed by atoms with Crippen LogP contribution in [-0.2, 0) is 16.0 Å². The van der Waals surface area contributed by atoms with Crippen LogP contribution in [0.15, 0.2) is 42.2 Å². The molecule has 0 unspecified atom stereocenters. The first-order chi connectivity index (χ1) is 14.0. The highest BCUT2D eigenvalue weighted by atomic mass is 35.5. The number of fused-ring (bicyclic) bond motifs is 5. The first-order valence-corrected chi connectivity index (χ1v) is 10.2. The maximum absolute atomic E-state index is 13.7. The summed E-state index contributed by atoms with van der Waals surface area (Å²) in [6, 6.07) is 9.63. The zero-order valence-electron chi connectivity index (χ0n) is 15.8. The quantitative estimate of drug-likeness (QED) is 0.719. The van der Waals surface area contributed by atoms with Crippen molar-refractivity contribution in [1.82, 2.24) is 0 Å². The molecule has 1 N–H and O–H groups in total. The third-order valence-electron chi connectivity index (χ3n) is 6.25. The maximum atomic E-state index is 13.7. The van der Waals surface area contributed by atoms with Gasteiger partial charge in [0.25, 0.3) is 0 Å². The minimum Gasteiger partial charge on any atom is -0.511 e. The van der Waals surface area contributed by atoms with Gasteiger partial charge in [0.05, 0.1) is 34.6 Å². The van der Waals surface area contributed by atoms with E-state index in [1.807, 2.05) is 13.0 Å². The third kappa shape index (κ3) is 2.87. The van der Waals surface area contributed by atoms with Gasteiger partial charge in [0.15, 0.2) is 5.78 Å². The van der Waals surface area contributed by atoms with Crippen molar-refractivity contribution in [3.8, 4) is 11.5 Å². The number of aryl methyl sites for hydroxylation is 1. The molecule has 4 atom stereocenters. The topological polar surface area (TPSA) is 55.8 Å². The van der Waals surface area contributed by atoms with Crippen LogP contribution in [0.4, 0.5) is 4.39 Å². The Hall–Kier alpha value is -2.37. The lowest BCUT2D eigenvalue weighted by atomic mass is 9.80. The summed E-state index contributed by atoms with van der Waals surface area (Å²) in [5.74, 6) is -0.242. The van der Waals surface area contributed by atoms with Crippen molar-refractivity contribution in [2.24, 2.45) is 11.8 Å². The summed E-state index contributed by atoms with van der Waals surface area (Å²) in [6.07, 6.45) is 2.27. The summed E-state index contributed by atoms with van der Waals surface area (Å²) in [5.41, 5.74) is 2.00. The molecule has 2 saturated heterocycles. The van der Waals surface area contributed by atoms with Crippen LogP contribution in [0.5, 0.6) is 11.5 Å². The Balaban J connectivity index is 1.53. The number of carbonyl (C=O) groups is 1. The highest BCUT2D eigenvalue weighted by molar-refractivity contribution is 6.30. The fraction of sp³-hybridized carbons (Fsp3) is 0.348. The van der Waals surface area contributed by atoms with Crippen molar-refractivity contribution in [2.45, 2.75) is 38.4 Å². The number of ether oxygens (including phenoxy) is 2. The molecule has 150 valence electrons. The molecule has 2 fully saturated rings. The van der Waals surface area contributed by atoms with Crippen LogP contribution in [0.3, 0.4) is 0 Å². The largest absolute Gasteiger partial charge is 0.511 e. The van der Waals surface area contributed by atoms with Gasteiger partial charge >= 0.3 is 0 Å². The Morgan fingerprint density at radius 1 is 1.14 bits per heavy atom. The average molecular weight is 415 g/mol. The van der Waals surface area contributed by atoms with Crippen LogP contribution in [0.2, 0.25) is 5.02 Å². The van der Waals surface area contributed by atoms with Crippen LogP contribution in [0, 0.1) is 17.7 Å². The molecule has 2 bridgehead atoms.